The second kappa shape index (κ2) is 11.0. The molecule has 0 aliphatic carbocycles. The highest BCUT2D eigenvalue weighted by Gasteiger charge is 2.30. The van der Waals surface area contributed by atoms with Gasteiger partial charge in [0.1, 0.15) is 5.82 Å². The molecule has 1 aliphatic heterocycles. The van der Waals surface area contributed by atoms with Gasteiger partial charge in [-0.2, -0.15) is 0 Å². The van der Waals surface area contributed by atoms with Crippen molar-refractivity contribution in [3.8, 4) is 0 Å². The maximum Gasteiger partial charge on any atom is 0.220 e. The largest absolute Gasteiger partial charge is 0.347 e. The highest BCUT2D eigenvalue weighted by atomic mass is 19.1. The Morgan fingerprint density at radius 2 is 1.88 bits per heavy atom. The molecule has 2 aromatic carbocycles. The van der Waals surface area contributed by atoms with Crippen molar-refractivity contribution in [1.82, 2.24) is 15.2 Å². The number of piperidine rings is 1. The van der Waals surface area contributed by atoms with Gasteiger partial charge in [0.05, 0.1) is 11.7 Å². The van der Waals surface area contributed by atoms with Gasteiger partial charge in [0.15, 0.2) is 0 Å². The van der Waals surface area contributed by atoms with Gasteiger partial charge in [0.25, 0.3) is 0 Å². The van der Waals surface area contributed by atoms with Gasteiger partial charge in [0, 0.05) is 25.7 Å². The zero-order valence-corrected chi connectivity index (χ0v) is 18.3. The highest BCUT2D eigenvalue weighted by molar-refractivity contribution is 5.76. The second-order valence-corrected chi connectivity index (χ2v) is 8.55. The van der Waals surface area contributed by atoms with Crippen LogP contribution in [0.5, 0.6) is 0 Å². The molecule has 2 atom stereocenters. The number of carbonyl (C=O) groups excluding carboxylic acids is 1. The number of pyridine rings is 1. The number of hydrogen-bond donors (Lipinski definition) is 1. The highest BCUT2D eigenvalue weighted by Crippen LogP contribution is 2.30. The van der Waals surface area contributed by atoms with E-state index >= 15 is 0 Å². The van der Waals surface area contributed by atoms with E-state index in [1.807, 2.05) is 42.5 Å². The summed E-state index contributed by atoms with van der Waals surface area (Å²) in [6.07, 6.45) is 5.03. The van der Waals surface area contributed by atoms with Crippen molar-refractivity contribution >= 4 is 5.91 Å². The van der Waals surface area contributed by atoms with Gasteiger partial charge in [0.2, 0.25) is 5.91 Å². The molecule has 1 fully saturated rings. The monoisotopic (exact) mass is 431 g/mol. The van der Waals surface area contributed by atoms with Gasteiger partial charge in [-0.15, -0.1) is 0 Å². The first-order valence-corrected chi connectivity index (χ1v) is 11.4. The predicted molar refractivity (Wildman–Crippen MR) is 124 cm³/mol. The molecule has 5 heteroatoms. The molecule has 166 valence electrons. The third kappa shape index (κ3) is 6.24. The molecule has 2 unspecified atom stereocenters. The summed E-state index contributed by atoms with van der Waals surface area (Å²) in [7, 11) is 0. The summed E-state index contributed by atoms with van der Waals surface area (Å²) < 4.78 is 13.6. The van der Waals surface area contributed by atoms with Crippen molar-refractivity contribution < 1.29 is 9.18 Å². The minimum absolute atomic E-state index is 0.0479. The van der Waals surface area contributed by atoms with E-state index in [-0.39, 0.29) is 23.7 Å². The Hall–Kier alpha value is -3.05. The van der Waals surface area contributed by atoms with E-state index < -0.39 is 0 Å². The van der Waals surface area contributed by atoms with Gasteiger partial charge in [-0.1, -0.05) is 48.5 Å². The molecule has 0 radical (unpaired) electrons. The number of aryl methyl sites for hydroxylation is 1. The molecule has 0 bridgehead atoms. The molecule has 1 aliphatic rings. The van der Waals surface area contributed by atoms with Crippen molar-refractivity contribution in [2.45, 2.75) is 38.3 Å². The van der Waals surface area contributed by atoms with Crippen molar-refractivity contribution in [2.24, 2.45) is 5.92 Å². The number of carbonyl (C=O) groups is 1. The smallest absolute Gasteiger partial charge is 0.220 e. The molecule has 32 heavy (non-hydrogen) atoms. The van der Waals surface area contributed by atoms with E-state index in [0.717, 1.165) is 49.2 Å². The number of rotatable bonds is 8. The molecular formula is C27H30FN3O. The summed E-state index contributed by atoms with van der Waals surface area (Å²) in [6, 6.07) is 22.6. The Labute approximate surface area is 189 Å². The zero-order valence-electron chi connectivity index (χ0n) is 18.3. The average molecular weight is 432 g/mol. The molecule has 3 aromatic rings. The Bertz CT molecular complexity index is 996. The van der Waals surface area contributed by atoms with Gasteiger partial charge in [-0.3, -0.25) is 14.7 Å². The SMILES string of the molecule is O=C(CCc1ccccc1)NC(c1ccccn1)C1CCCN(Cc2cccc(F)c2)C1. The predicted octanol–water partition coefficient (Wildman–Crippen LogP) is 4.92. The summed E-state index contributed by atoms with van der Waals surface area (Å²) in [4.78, 5) is 19.8. The first-order valence-electron chi connectivity index (χ1n) is 11.4. The normalized spacial score (nSPS) is 17.6. The number of amides is 1. The number of hydrogen-bond acceptors (Lipinski definition) is 3. The lowest BCUT2D eigenvalue weighted by atomic mass is 9.88. The second-order valence-electron chi connectivity index (χ2n) is 8.55. The number of likely N-dealkylation sites (tertiary alicyclic amines) is 1. The summed E-state index contributed by atoms with van der Waals surface area (Å²) in [6.45, 7) is 2.53. The molecule has 4 nitrogen and oxygen atoms in total. The molecular weight excluding hydrogens is 401 g/mol. The van der Waals surface area contributed by atoms with E-state index in [4.69, 9.17) is 0 Å². The van der Waals surface area contributed by atoms with Crippen LogP contribution in [0.25, 0.3) is 0 Å². The topological polar surface area (TPSA) is 45.2 Å². The Morgan fingerprint density at radius 3 is 2.66 bits per heavy atom. The zero-order chi connectivity index (χ0) is 22.2. The first kappa shape index (κ1) is 22.2. The molecule has 1 aromatic heterocycles. The van der Waals surface area contributed by atoms with E-state index in [1.165, 1.54) is 6.07 Å². The van der Waals surface area contributed by atoms with Gasteiger partial charge >= 0.3 is 0 Å². The Morgan fingerprint density at radius 1 is 1.06 bits per heavy atom. The molecule has 1 N–H and O–H groups in total. The lowest BCUT2D eigenvalue weighted by Crippen LogP contribution is -2.43. The fraction of sp³-hybridized carbons (Fsp3) is 0.333. The van der Waals surface area contributed by atoms with Crippen LogP contribution >= 0.6 is 0 Å². The van der Waals surface area contributed by atoms with Crippen LogP contribution in [-0.2, 0) is 17.8 Å². The molecule has 1 amide bonds. The van der Waals surface area contributed by atoms with Crippen LogP contribution in [0.15, 0.2) is 79.0 Å². The average Bonchev–Trinajstić information content (AvgIpc) is 2.83. The van der Waals surface area contributed by atoms with Crippen LogP contribution in [0.4, 0.5) is 4.39 Å². The lowest BCUT2D eigenvalue weighted by molar-refractivity contribution is -0.122. The molecule has 0 spiro atoms. The Balaban J connectivity index is 1.43. The fourth-order valence-corrected chi connectivity index (χ4v) is 4.54. The van der Waals surface area contributed by atoms with Crippen LogP contribution in [0.1, 0.15) is 42.1 Å². The minimum Gasteiger partial charge on any atom is -0.347 e. The third-order valence-corrected chi connectivity index (χ3v) is 6.12. The van der Waals surface area contributed by atoms with Crippen molar-refractivity contribution in [1.29, 1.82) is 0 Å². The maximum absolute atomic E-state index is 13.6. The minimum atomic E-state index is -0.201. The Kier molecular flexibility index (Phi) is 7.62. The number of nitrogens with one attached hydrogen (secondary N) is 1. The van der Waals surface area contributed by atoms with Crippen molar-refractivity contribution in [3.63, 3.8) is 0 Å². The number of aromatic nitrogens is 1. The lowest BCUT2D eigenvalue weighted by Gasteiger charge is -2.37. The van der Waals surface area contributed by atoms with E-state index in [9.17, 15) is 9.18 Å². The summed E-state index contributed by atoms with van der Waals surface area (Å²) >= 11 is 0. The standard InChI is InChI=1S/C27H30FN3O/c28-24-12-6-10-22(18-24)19-31-17-7-11-23(20-31)27(25-13-4-5-16-29-25)30-26(32)15-14-21-8-2-1-3-9-21/h1-6,8-10,12-13,16,18,23,27H,7,11,14-15,17,19-20H2,(H,30,32). The first-order chi connectivity index (χ1) is 15.7. The van der Waals surface area contributed by atoms with Crippen LogP contribution in [0.2, 0.25) is 0 Å². The quantitative estimate of drug-likeness (QED) is 0.550. The van der Waals surface area contributed by atoms with Gasteiger partial charge in [-0.05, 0) is 67.1 Å². The van der Waals surface area contributed by atoms with E-state index in [0.29, 0.717) is 13.0 Å². The third-order valence-electron chi connectivity index (χ3n) is 6.12. The van der Waals surface area contributed by atoms with E-state index in [2.05, 4.69) is 27.3 Å². The van der Waals surface area contributed by atoms with Crippen LogP contribution < -0.4 is 5.32 Å². The maximum atomic E-state index is 13.6. The van der Waals surface area contributed by atoms with Crippen molar-refractivity contribution in [2.75, 3.05) is 13.1 Å². The van der Waals surface area contributed by atoms with Crippen molar-refractivity contribution in [3.05, 3.63) is 102 Å². The number of benzene rings is 2. The molecule has 2 heterocycles. The van der Waals surface area contributed by atoms with Gasteiger partial charge < -0.3 is 5.32 Å². The van der Waals surface area contributed by atoms with Gasteiger partial charge in [-0.25, -0.2) is 4.39 Å². The molecule has 0 saturated carbocycles. The summed E-state index contributed by atoms with van der Waals surface area (Å²) in [5, 5.41) is 3.28. The summed E-state index contributed by atoms with van der Waals surface area (Å²) in [5.74, 6) is 0.104. The number of nitrogens with zero attached hydrogens (tertiary/aromatic N) is 2. The van der Waals surface area contributed by atoms with Crippen LogP contribution in [0.3, 0.4) is 0 Å². The molecule has 4 rings (SSSR count). The summed E-state index contributed by atoms with van der Waals surface area (Å²) in [5.41, 5.74) is 3.04. The fourth-order valence-electron chi connectivity index (χ4n) is 4.54. The van der Waals surface area contributed by atoms with Crippen LogP contribution in [0, 0.1) is 11.7 Å². The van der Waals surface area contributed by atoms with Crippen LogP contribution in [-0.4, -0.2) is 28.9 Å². The molecule has 1 saturated heterocycles. The van der Waals surface area contributed by atoms with E-state index in [1.54, 1.807) is 18.3 Å². The number of halogens is 1.